The van der Waals surface area contributed by atoms with E-state index in [1.54, 1.807) is 6.92 Å². The van der Waals surface area contributed by atoms with Crippen molar-refractivity contribution in [1.29, 1.82) is 0 Å². The molecule has 0 aliphatic carbocycles. The van der Waals surface area contributed by atoms with Crippen LogP contribution in [0.1, 0.15) is 23.7 Å². The van der Waals surface area contributed by atoms with Crippen LogP contribution in [0.15, 0.2) is 18.2 Å². The molecule has 0 atom stereocenters. The molecule has 0 spiro atoms. The molecule has 0 aromatic heterocycles. The number of carbonyl (C=O) groups excluding carboxylic acids is 1. The van der Waals surface area contributed by atoms with Crippen molar-refractivity contribution in [3.63, 3.8) is 0 Å². The van der Waals surface area contributed by atoms with Crippen LogP contribution in [0.3, 0.4) is 0 Å². The van der Waals surface area contributed by atoms with Gasteiger partial charge in [-0.3, -0.25) is 4.79 Å². The maximum atomic E-state index is 13.4. The highest BCUT2D eigenvalue weighted by molar-refractivity contribution is 5.94. The Morgan fingerprint density at radius 2 is 1.89 bits per heavy atom. The van der Waals surface area contributed by atoms with Crippen LogP contribution in [0.5, 0.6) is 0 Å². The van der Waals surface area contributed by atoms with Crippen LogP contribution < -0.4 is 0 Å². The van der Waals surface area contributed by atoms with Crippen LogP contribution in [0.4, 0.5) is 22.0 Å². The van der Waals surface area contributed by atoms with E-state index in [0.29, 0.717) is 4.90 Å². The first-order valence-electron chi connectivity index (χ1n) is 5.56. The summed E-state index contributed by atoms with van der Waals surface area (Å²) in [6.07, 6.45) is -4.31. The van der Waals surface area contributed by atoms with E-state index in [1.165, 1.54) is 0 Å². The highest BCUT2D eigenvalue weighted by atomic mass is 19.4. The van der Waals surface area contributed by atoms with Gasteiger partial charge in [0.05, 0.1) is 5.56 Å². The van der Waals surface area contributed by atoms with Crippen LogP contribution in [0, 0.1) is 11.6 Å². The molecule has 106 valence electrons. The van der Waals surface area contributed by atoms with Gasteiger partial charge in [0.15, 0.2) is 11.6 Å². The minimum atomic E-state index is -4.59. The minimum absolute atomic E-state index is 0.186. The molecule has 0 radical (unpaired) electrons. The van der Waals surface area contributed by atoms with E-state index in [4.69, 9.17) is 0 Å². The number of benzene rings is 1. The predicted molar refractivity (Wildman–Crippen MR) is 58.6 cm³/mol. The molecule has 2 nitrogen and oxygen atoms in total. The van der Waals surface area contributed by atoms with Gasteiger partial charge in [-0.1, -0.05) is 13.0 Å². The van der Waals surface area contributed by atoms with Crippen molar-refractivity contribution in [2.24, 2.45) is 0 Å². The summed E-state index contributed by atoms with van der Waals surface area (Å²) in [7, 11) is 0. The lowest BCUT2D eigenvalue weighted by molar-refractivity contribution is -0.140. The van der Waals surface area contributed by atoms with Crippen molar-refractivity contribution >= 4 is 5.91 Å². The van der Waals surface area contributed by atoms with Crippen molar-refractivity contribution in [1.82, 2.24) is 4.90 Å². The van der Waals surface area contributed by atoms with E-state index in [9.17, 15) is 26.7 Å². The molecule has 0 fully saturated rings. The van der Waals surface area contributed by atoms with Crippen molar-refractivity contribution in [2.75, 3.05) is 13.1 Å². The molecule has 0 bridgehead atoms. The third-order valence-electron chi connectivity index (χ3n) is 2.33. The number of alkyl halides is 3. The van der Waals surface area contributed by atoms with E-state index >= 15 is 0 Å². The zero-order valence-corrected chi connectivity index (χ0v) is 10.1. The summed E-state index contributed by atoms with van der Waals surface area (Å²) in [6, 6.07) is 2.82. The van der Waals surface area contributed by atoms with Gasteiger partial charge in [-0.2, -0.15) is 13.2 Å². The van der Waals surface area contributed by atoms with Gasteiger partial charge in [-0.15, -0.1) is 0 Å². The summed E-state index contributed by atoms with van der Waals surface area (Å²) >= 11 is 0. The average Bonchev–Trinajstić information content (AvgIpc) is 2.30. The fourth-order valence-corrected chi connectivity index (χ4v) is 1.58. The molecule has 7 heteroatoms. The van der Waals surface area contributed by atoms with Gasteiger partial charge in [0.25, 0.3) is 5.91 Å². The molecule has 0 aliphatic rings. The van der Waals surface area contributed by atoms with Crippen LogP contribution >= 0.6 is 0 Å². The van der Waals surface area contributed by atoms with Gasteiger partial charge in [0, 0.05) is 6.54 Å². The van der Waals surface area contributed by atoms with Crippen molar-refractivity contribution in [3.8, 4) is 0 Å². The first-order chi connectivity index (χ1) is 8.76. The maximum absolute atomic E-state index is 13.4. The molecule has 1 aromatic rings. The highest BCUT2D eigenvalue weighted by Crippen LogP contribution is 2.20. The van der Waals surface area contributed by atoms with Crippen molar-refractivity contribution < 1.29 is 26.7 Å². The number of hydrogen-bond donors (Lipinski definition) is 0. The zero-order chi connectivity index (χ0) is 14.6. The second kappa shape index (κ2) is 5.99. The van der Waals surface area contributed by atoms with E-state index in [2.05, 4.69) is 0 Å². The molecular weight excluding hydrogens is 269 g/mol. The Bertz CT molecular complexity index is 458. The fourth-order valence-electron chi connectivity index (χ4n) is 1.58. The van der Waals surface area contributed by atoms with Crippen LogP contribution in [0.2, 0.25) is 0 Å². The quantitative estimate of drug-likeness (QED) is 0.775. The van der Waals surface area contributed by atoms with Crippen molar-refractivity contribution in [2.45, 2.75) is 19.5 Å². The summed E-state index contributed by atoms with van der Waals surface area (Å²) in [5.74, 6) is -3.87. The molecule has 0 N–H and O–H groups in total. The van der Waals surface area contributed by atoms with Gasteiger partial charge in [-0.05, 0) is 18.6 Å². The average molecular weight is 281 g/mol. The monoisotopic (exact) mass is 281 g/mol. The SMILES string of the molecule is CCCN(CC(F)(F)F)C(=O)c1cccc(F)c1F. The summed E-state index contributed by atoms with van der Waals surface area (Å²) in [5, 5.41) is 0. The normalized spacial score (nSPS) is 11.5. The second-order valence-electron chi connectivity index (χ2n) is 3.94. The van der Waals surface area contributed by atoms with Crippen LogP contribution in [-0.2, 0) is 0 Å². The number of nitrogens with zero attached hydrogens (tertiary/aromatic N) is 1. The minimum Gasteiger partial charge on any atom is -0.329 e. The van der Waals surface area contributed by atoms with Crippen molar-refractivity contribution in [3.05, 3.63) is 35.4 Å². The van der Waals surface area contributed by atoms with E-state index in [0.717, 1.165) is 18.2 Å². The summed E-state index contributed by atoms with van der Waals surface area (Å²) in [6.45, 7) is -0.0947. The molecular formula is C12H12F5NO. The molecule has 0 saturated carbocycles. The number of hydrogen-bond acceptors (Lipinski definition) is 1. The van der Waals surface area contributed by atoms with Gasteiger partial charge in [-0.25, -0.2) is 8.78 Å². The Morgan fingerprint density at radius 1 is 1.26 bits per heavy atom. The van der Waals surface area contributed by atoms with Crippen LogP contribution in [-0.4, -0.2) is 30.1 Å². The first kappa shape index (κ1) is 15.4. The highest BCUT2D eigenvalue weighted by Gasteiger charge is 2.33. The smallest absolute Gasteiger partial charge is 0.329 e. The molecule has 1 amide bonds. The van der Waals surface area contributed by atoms with Gasteiger partial charge in [0.1, 0.15) is 6.54 Å². The maximum Gasteiger partial charge on any atom is 0.406 e. The van der Waals surface area contributed by atoms with Gasteiger partial charge in [0.2, 0.25) is 0 Å². The zero-order valence-electron chi connectivity index (χ0n) is 10.1. The first-order valence-corrected chi connectivity index (χ1v) is 5.56. The molecule has 0 aliphatic heterocycles. The topological polar surface area (TPSA) is 20.3 Å². The van der Waals surface area contributed by atoms with E-state index < -0.39 is 35.8 Å². The second-order valence-corrected chi connectivity index (χ2v) is 3.94. The third kappa shape index (κ3) is 4.18. The van der Waals surface area contributed by atoms with E-state index in [-0.39, 0.29) is 13.0 Å². The predicted octanol–water partition coefficient (Wildman–Crippen LogP) is 3.38. The Balaban J connectivity index is 3.02. The summed E-state index contributed by atoms with van der Waals surface area (Å²) in [5.41, 5.74) is -0.697. The summed E-state index contributed by atoms with van der Waals surface area (Å²) < 4.78 is 63.3. The van der Waals surface area contributed by atoms with Gasteiger partial charge >= 0.3 is 6.18 Å². The fraction of sp³-hybridized carbons (Fsp3) is 0.417. The summed E-state index contributed by atoms with van der Waals surface area (Å²) in [4.78, 5) is 12.3. The number of rotatable bonds is 4. The lowest BCUT2D eigenvalue weighted by Gasteiger charge is -2.23. The molecule has 0 heterocycles. The largest absolute Gasteiger partial charge is 0.406 e. The van der Waals surface area contributed by atoms with E-state index in [1.807, 2.05) is 0 Å². The Kier molecular flexibility index (Phi) is 4.85. The Hall–Kier alpha value is -1.66. The van der Waals surface area contributed by atoms with Crippen LogP contribution in [0.25, 0.3) is 0 Å². The number of amides is 1. The number of halogens is 5. The lowest BCUT2D eigenvalue weighted by Crippen LogP contribution is -2.39. The molecule has 0 unspecified atom stereocenters. The number of carbonyl (C=O) groups is 1. The Morgan fingerprint density at radius 3 is 2.42 bits per heavy atom. The van der Waals surface area contributed by atoms with Gasteiger partial charge < -0.3 is 4.90 Å². The third-order valence-corrected chi connectivity index (χ3v) is 2.33. The molecule has 1 rings (SSSR count). The molecule has 0 saturated heterocycles. The standard InChI is InChI=1S/C12H12F5NO/c1-2-6-18(7-12(15,16)17)11(19)8-4-3-5-9(13)10(8)14/h3-5H,2,6-7H2,1H3. The lowest BCUT2D eigenvalue weighted by atomic mass is 10.1. The molecule has 19 heavy (non-hydrogen) atoms. The Labute approximate surface area is 106 Å². The molecule has 1 aromatic carbocycles.